The fourth-order valence-electron chi connectivity index (χ4n) is 2.31. The molecule has 0 aliphatic carbocycles. The van der Waals surface area contributed by atoms with Crippen LogP contribution < -0.4 is 0 Å². The van der Waals surface area contributed by atoms with Crippen molar-refractivity contribution in [1.82, 2.24) is 18.8 Å². The zero-order valence-corrected chi connectivity index (χ0v) is 14.0. The third-order valence-corrected chi connectivity index (χ3v) is 5.26. The Hall–Kier alpha value is -1.94. The molecule has 0 aromatic carbocycles. The molecule has 1 aliphatic rings. The van der Waals surface area contributed by atoms with Crippen molar-refractivity contribution >= 4 is 21.9 Å². The number of carbonyl (C=O) groups excluding carboxylic acids is 2. The highest BCUT2D eigenvalue weighted by Gasteiger charge is 2.31. The van der Waals surface area contributed by atoms with Crippen molar-refractivity contribution < 1.29 is 22.7 Å². The van der Waals surface area contributed by atoms with E-state index < -0.39 is 21.9 Å². The minimum atomic E-state index is -3.70. The molecule has 2 heterocycles. The second kappa shape index (κ2) is 7.09. The molecule has 0 bridgehead atoms. The summed E-state index contributed by atoms with van der Waals surface area (Å²) in [6, 6.07) is 0. The summed E-state index contributed by atoms with van der Waals surface area (Å²) in [4.78, 5) is 28.6. The lowest BCUT2D eigenvalue weighted by molar-refractivity contribution is -0.159. The number of carbonyl (C=O) groups is 2. The van der Waals surface area contributed by atoms with Crippen LogP contribution in [0.4, 0.5) is 0 Å². The van der Waals surface area contributed by atoms with Gasteiger partial charge in [-0.2, -0.15) is 4.31 Å². The summed E-state index contributed by atoms with van der Waals surface area (Å²) in [6.45, 7) is 2.58. The van der Waals surface area contributed by atoms with E-state index in [1.165, 1.54) is 21.7 Å². The molecule has 1 aromatic rings. The maximum Gasteiger partial charge on any atom is 0.397 e. The molecule has 23 heavy (non-hydrogen) atoms. The van der Waals surface area contributed by atoms with E-state index >= 15 is 0 Å². The smallest absolute Gasteiger partial charge is 0.397 e. The number of esters is 1. The number of ether oxygens (including phenoxy) is 1. The Morgan fingerprint density at radius 3 is 2.61 bits per heavy atom. The number of sulfonamides is 1. The summed E-state index contributed by atoms with van der Waals surface area (Å²) in [7, 11) is -2.01. The predicted molar refractivity (Wildman–Crippen MR) is 79.8 cm³/mol. The first-order valence-corrected chi connectivity index (χ1v) is 8.74. The molecule has 0 saturated carbocycles. The molecule has 1 saturated heterocycles. The summed E-state index contributed by atoms with van der Waals surface area (Å²) < 4.78 is 32.6. The van der Waals surface area contributed by atoms with Crippen LogP contribution in [-0.2, 0) is 31.4 Å². The third-order valence-electron chi connectivity index (χ3n) is 3.48. The normalized spacial score (nSPS) is 16.9. The van der Waals surface area contributed by atoms with Crippen molar-refractivity contribution in [2.24, 2.45) is 7.05 Å². The van der Waals surface area contributed by atoms with Crippen molar-refractivity contribution in [2.75, 3.05) is 32.8 Å². The SMILES string of the molecule is CCOC(=O)C(=O)N1CCCN(S(=O)(=O)c2cn(C)cn2)CC1. The zero-order chi connectivity index (χ0) is 17.0. The molecule has 128 valence electrons. The molecule has 1 aliphatic heterocycles. The largest absolute Gasteiger partial charge is 0.459 e. The summed E-state index contributed by atoms with van der Waals surface area (Å²) in [5, 5.41) is -0.0230. The average Bonchev–Trinajstić information content (AvgIpc) is 2.81. The maximum absolute atomic E-state index is 12.5. The maximum atomic E-state index is 12.5. The highest BCUT2D eigenvalue weighted by molar-refractivity contribution is 7.89. The second-order valence-electron chi connectivity index (χ2n) is 5.15. The van der Waals surface area contributed by atoms with Crippen LogP contribution in [-0.4, -0.2) is 71.8 Å². The average molecular weight is 344 g/mol. The topological polar surface area (TPSA) is 102 Å². The molecule has 2 rings (SSSR count). The second-order valence-corrected chi connectivity index (χ2v) is 7.03. The molecular weight excluding hydrogens is 324 g/mol. The Morgan fingerprint density at radius 2 is 2.00 bits per heavy atom. The molecular formula is C13H20N4O5S. The van der Waals surface area contributed by atoms with Crippen molar-refractivity contribution in [1.29, 1.82) is 0 Å². The monoisotopic (exact) mass is 344 g/mol. The molecule has 1 amide bonds. The van der Waals surface area contributed by atoms with Crippen molar-refractivity contribution in [3.63, 3.8) is 0 Å². The summed E-state index contributed by atoms with van der Waals surface area (Å²) in [5.41, 5.74) is 0. The van der Waals surface area contributed by atoms with Crippen LogP contribution in [0.1, 0.15) is 13.3 Å². The predicted octanol–water partition coefficient (Wildman–Crippen LogP) is -0.794. The van der Waals surface area contributed by atoms with E-state index in [0.717, 1.165) is 0 Å². The van der Waals surface area contributed by atoms with E-state index in [1.54, 1.807) is 18.5 Å². The Labute approximate surface area is 134 Å². The quantitative estimate of drug-likeness (QED) is 0.526. The van der Waals surface area contributed by atoms with Crippen LogP contribution in [0, 0.1) is 0 Å². The van der Waals surface area contributed by atoms with Crippen LogP contribution >= 0.6 is 0 Å². The van der Waals surface area contributed by atoms with Crippen LogP contribution in [0.25, 0.3) is 0 Å². The van der Waals surface area contributed by atoms with Crippen molar-refractivity contribution in [3.05, 3.63) is 12.5 Å². The van der Waals surface area contributed by atoms with Gasteiger partial charge in [-0.05, 0) is 13.3 Å². The fourth-order valence-corrected chi connectivity index (χ4v) is 3.75. The highest BCUT2D eigenvalue weighted by Crippen LogP contribution is 2.16. The van der Waals surface area contributed by atoms with Crippen molar-refractivity contribution in [2.45, 2.75) is 18.4 Å². The van der Waals surface area contributed by atoms with Gasteiger partial charge in [0.25, 0.3) is 10.0 Å². The summed E-state index contributed by atoms with van der Waals surface area (Å²) >= 11 is 0. The molecule has 0 spiro atoms. The zero-order valence-electron chi connectivity index (χ0n) is 13.1. The Kier molecular flexibility index (Phi) is 5.37. The third kappa shape index (κ3) is 3.88. The van der Waals surface area contributed by atoms with Gasteiger partial charge in [-0.15, -0.1) is 0 Å². The first kappa shape index (κ1) is 17.4. The lowest BCUT2D eigenvalue weighted by atomic mass is 10.4. The fraction of sp³-hybridized carbons (Fsp3) is 0.615. The van der Waals surface area contributed by atoms with E-state index in [-0.39, 0.29) is 31.3 Å². The van der Waals surface area contributed by atoms with Gasteiger partial charge in [0, 0.05) is 39.4 Å². The van der Waals surface area contributed by atoms with Gasteiger partial charge >= 0.3 is 11.9 Å². The molecule has 1 aromatic heterocycles. The lowest BCUT2D eigenvalue weighted by Crippen LogP contribution is -2.41. The first-order valence-electron chi connectivity index (χ1n) is 7.30. The molecule has 1 fully saturated rings. The van der Waals surface area contributed by atoms with Gasteiger partial charge in [0.1, 0.15) is 0 Å². The van der Waals surface area contributed by atoms with E-state index in [4.69, 9.17) is 0 Å². The standard InChI is InChI=1S/C13H20N4O5S/c1-3-22-13(19)12(18)16-5-4-6-17(8-7-16)23(20,21)11-9-15(2)10-14-11/h9-10H,3-8H2,1-2H3. The van der Waals surface area contributed by atoms with E-state index in [9.17, 15) is 18.0 Å². The van der Waals surface area contributed by atoms with Gasteiger partial charge in [0.15, 0.2) is 5.03 Å². The number of aryl methyl sites for hydroxylation is 1. The van der Waals surface area contributed by atoms with Gasteiger partial charge in [-0.3, -0.25) is 4.79 Å². The first-order chi connectivity index (χ1) is 10.9. The number of hydrogen-bond acceptors (Lipinski definition) is 6. The number of aromatic nitrogens is 2. The molecule has 10 heteroatoms. The number of imidazole rings is 1. The number of rotatable bonds is 3. The Morgan fingerprint density at radius 1 is 1.26 bits per heavy atom. The van der Waals surface area contributed by atoms with Crippen LogP contribution in [0.2, 0.25) is 0 Å². The van der Waals surface area contributed by atoms with E-state index in [1.807, 2.05) is 0 Å². The molecule has 9 nitrogen and oxygen atoms in total. The Balaban J connectivity index is 2.06. The van der Waals surface area contributed by atoms with Gasteiger partial charge < -0.3 is 14.2 Å². The van der Waals surface area contributed by atoms with Gasteiger partial charge in [-0.1, -0.05) is 0 Å². The van der Waals surface area contributed by atoms with Gasteiger partial charge in [0.2, 0.25) is 0 Å². The molecule has 0 N–H and O–H groups in total. The molecule has 0 atom stereocenters. The minimum absolute atomic E-state index is 0.0230. The highest BCUT2D eigenvalue weighted by atomic mass is 32.2. The minimum Gasteiger partial charge on any atom is -0.459 e. The van der Waals surface area contributed by atoms with Gasteiger partial charge in [0.05, 0.1) is 12.9 Å². The van der Waals surface area contributed by atoms with Crippen LogP contribution in [0.5, 0.6) is 0 Å². The van der Waals surface area contributed by atoms with E-state index in [0.29, 0.717) is 13.0 Å². The molecule has 0 radical (unpaired) electrons. The Bertz CT molecular complexity index is 684. The van der Waals surface area contributed by atoms with Gasteiger partial charge in [-0.25, -0.2) is 18.2 Å². The summed E-state index contributed by atoms with van der Waals surface area (Å²) in [6.07, 6.45) is 3.29. The number of nitrogens with zero attached hydrogens (tertiary/aromatic N) is 4. The number of amides is 1. The molecule has 0 unspecified atom stereocenters. The van der Waals surface area contributed by atoms with Crippen LogP contribution in [0.15, 0.2) is 17.6 Å². The van der Waals surface area contributed by atoms with Crippen LogP contribution in [0.3, 0.4) is 0 Å². The lowest BCUT2D eigenvalue weighted by Gasteiger charge is -2.20. The van der Waals surface area contributed by atoms with E-state index in [2.05, 4.69) is 9.72 Å². The summed E-state index contributed by atoms with van der Waals surface area (Å²) in [5.74, 6) is -1.64. The number of hydrogen-bond donors (Lipinski definition) is 0. The van der Waals surface area contributed by atoms with Crippen molar-refractivity contribution in [3.8, 4) is 0 Å².